The molecular formula is C23H22ClN3O6S2. The van der Waals surface area contributed by atoms with Crippen molar-refractivity contribution in [3.05, 3.63) is 83.4 Å². The lowest BCUT2D eigenvalue weighted by Gasteiger charge is -2.26. The number of hydrogen-bond acceptors (Lipinski definition) is 6. The Bertz CT molecular complexity index is 1420. The van der Waals surface area contributed by atoms with Crippen molar-refractivity contribution >= 4 is 48.9 Å². The van der Waals surface area contributed by atoms with Crippen LogP contribution in [0, 0.1) is 0 Å². The van der Waals surface area contributed by atoms with Gasteiger partial charge in [0.15, 0.2) is 0 Å². The van der Waals surface area contributed by atoms with Crippen LogP contribution in [0.5, 0.6) is 0 Å². The molecule has 35 heavy (non-hydrogen) atoms. The predicted molar refractivity (Wildman–Crippen MR) is 133 cm³/mol. The van der Waals surface area contributed by atoms with Gasteiger partial charge in [-0.2, -0.15) is 4.31 Å². The number of hydrogen-bond donors (Lipinski definition) is 2. The minimum absolute atomic E-state index is 0.00640. The number of nitrogens with one attached hydrogen (secondary N) is 2. The van der Waals surface area contributed by atoms with Gasteiger partial charge >= 0.3 is 0 Å². The van der Waals surface area contributed by atoms with Crippen molar-refractivity contribution < 1.29 is 26.4 Å². The summed E-state index contributed by atoms with van der Waals surface area (Å²) in [5.74, 6) is -0.467. The molecule has 0 aliphatic carbocycles. The highest BCUT2D eigenvalue weighted by molar-refractivity contribution is 7.92. The summed E-state index contributed by atoms with van der Waals surface area (Å²) in [6.07, 6.45) is 0. The maximum Gasteiger partial charge on any atom is 0.261 e. The number of morpholine rings is 1. The molecule has 2 N–H and O–H groups in total. The van der Waals surface area contributed by atoms with Crippen molar-refractivity contribution in [3.8, 4) is 0 Å². The normalized spacial score (nSPS) is 14.9. The van der Waals surface area contributed by atoms with E-state index in [2.05, 4.69) is 10.0 Å². The Morgan fingerprint density at radius 1 is 0.829 bits per heavy atom. The molecule has 0 aromatic heterocycles. The summed E-state index contributed by atoms with van der Waals surface area (Å²) in [5.41, 5.74) is 0.880. The van der Waals surface area contributed by atoms with Crippen LogP contribution in [0.4, 0.5) is 11.4 Å². The molecule has 1 fully saturated rings. The van der Waals surface area contributed by atoms with Gasteiger partial charge in [-0.1, -0.05) is 23.7 Å². The van der Waals surface area contributed by atoms with Crippen LogP contribution >= 0.6 is 11.6 Å². The van der Waals surface area contributed by atoms with Gasteiger partial charge in [-0.3, -0.25) is 9.52 Å². The van der Waals surface area contributed by atoms with Gasteiger partial charge in [-0.25, -0.2) is 16.8 Å². The van der Waals surface area contributed by atoms with E-state index in [4.69, 9.17) is 16.3 Å². The number of halogens is 1. The van der Waals surface area contributed by atoms with E-state index in [0.717, 1.165) is 0 Å². The number of para-hydroxylation sites is 1. The fourth-order valence-corrected chi connectivity index (χ4v) is 6.11. The summed E-state index contributed by atoms with van der Waals surface area (Å²) in [6.45, 7) is 1.25. The third-order valence-electron chi connectivity index (χ3n) is 5.26. The topological polar surface area (TPSA) is 122 Å². The van der Waals surface area contributed by atoms with Crippen molar-refractivity contribution in [3.63, 3.8) is 0 Å². The molecule has 9 nitrogen and oxygen atoms in total. The summed E-state index contributed by atoms with van der Waals surface area (Å²) in [4.78, 5) is 12.7. The Kier molecular flexibility index (Phi) is 7.43. The summed E-state index contributed by atoms with van der Waals surface area (Å²) in [5, 5.41) is 2.93. The first-order chi connectivity index (χ1) is 16.7. The Morgan fingerprint density at radius 2 is 1.43 bits per heavy atom. The monoisotopic (exact) mass is 535 g/mol. The minimum atomic E-state index is -3.88. The second kappa shape index (κ2) is 10.3. The molecule has 0 atom stereocenters. The van der Waals surface area contributed by atoms with Crippen molar-refractivity contribution in [1.82, 2.24) is 4.31 Å². The number of carbonyl (C=O) groups is 1. The number of ether oxygens (including phenoxy) is 1. The van der Waals surface area contributed by atoms with Gasteiger partial charge in [-0.15, -0.1) is 0 Å². The van der Waals surface area contributed by atoms with Gasteiger partial charge in [0.25, 0.3) is 15.9 Å². The Balaban J connectivity index is 1.42. The largest absolute Gasteiger partial charge is 0.379 e. The van der Waals surface area contributed by atoms with E-state index in [9.17, 15) is 21.6 Å². The molecule has 1 saturated heterocycles. The fourth-order valence-electron chi connectivity index (χ4n) is 3.38. The number of rotatable bonds is 7. The second-order valence-electron chi connectivity index (χ2n) is 7.60. The average molecular weight is 536 g/mol. The predicted octanol–water partition coefficient (Wildman–Crippen LogP) is 3.41. The molecule has 1 amide bonds. The molecule has 0 saturated carbocycles. The van der Waals surface area contributed by atoms with E-state index in [1.54, 1.807) is 24.3 Å². The average Bonchev–Trinajstić information content (AvgIpc) is 2.86. The standard InChI is InChI=1S/C23H22ClN3O6S2/c24-21-3-1-2-4-22(21)26-34(29,30)19-11-7-18(8-12-19)25-23(28)17-5-9-20(10-6-17)35(31,32)27-13-15-33-16-14-27/h1-12,26H,13-16H2,(H,25,28). The number of anilines is 2. The van der Waals surface area contributed by atoms with E-state index < -0.39 is 26.0 Å². The van der Waals surface area contributed by atoms with Gasteiger partial charge in [0, 0.05) is 24.3 Å². The maximum absolute atomic E-state index is 12.7. The van der Waals surface area contributed by atoms with Gasteiger partial charge in [0.1, 0.15) is 0 Å². The number of amides is 1. The van der Waals surface area contributed by atoms with Crippen LogP contribution in [0.2, 0.25) is 5.02 Å². The zero-order valence-electron chi connectivity index (χ0n) is 18.3. The highest BCUT2D eigenvalue weighted by Gasteiger charge is 2.26. The zero-order valence-corrected chi connectivity index (χ0v) is 20.7. The third-order valence-corrected chi connectivity index (χ3v) is 8.89. The van der Waals surface area contributed by atoms with Gasteiger partial charge in [-0.05, 0) is 60.7 Å². The number of nitrogens with zero attached hydrogens (tertiary/aromatic N) is 1. The van der Waals surface area contributed by atoms with E-state index in [1.807, 2.05) is 0 Å². The van der Waals surface area contributed by atoms with E-state index in [-0.39, 0.29) is 39.2 Å². The van der Waals surface area contributed by atoms with Crippen LogP contribution in [0.25, 0.3) is 0 Å². The minimum Gasteiger partial charge on any atom is -0.379 e. The SMILES string of the molecule is O=C(Nc1ccc(S(=O)(=O)Nc2ccccc2Cl)cc1)c1ccc(S(=O)(=O)N2CCOCC2)cc1. The number of benzene rings is 3. The molecule has 0 bridgehead atoms. The molecule has 184 valence electrons. The molecule has 1 aliphatic heterocycles. The van der Waals surface area contributed by atoms with Gasteiger partial charge in [0.2, 0.25) is 10.0 Å². The lowest BCUT2D eigenvalue weighted by Crippen LogP contribution is -2.40. The molecular weight excluding hydrogens is 514 g/mol. The van der Waals surface area contributed by atoms with E-state index in [1.165, 1.54) is 52.8 Å². The van der Waals surface area contributed by atoms with Crippen molar-refractivity contribution in [2.24, 2.45) is 0 Å². The van der Waals surface area contributed by atoms with Crippen LogP contribution in [-0.4, -0.2) is 53.4 Å². The Hall–Kier alpha value is -2.96. The molecule has 0 unspecified atom stereocenters. The summed E-state index contributed by atoms with van der Waals surface area (Å²) >= 11 is 6.02. The molecule has 3 aromatic rings. The molecule has 1 aliphatic rings. The zero-order chi connectivity index (χ0) is 25.1. The maximum atomic E-state index is 12.7. The molecule has 3 aromatic carbocycles. The molecule has 12 heteroatoms. The third kappa shape index (κ3) is 5.82. The van der Waals surface area contributed by atoms with Crippen LogP contribution in [-0.2, 0) is 24.8 Å². The van der Waals surface area contributed by atoms with Crippen LogP contribution < -0.4 is 10.0 Å². The number of carbonyl (C=O) groups excluding carboxylic acids is 1. The first-order valence-corrected chi connectivity index (χ1v) is 13.8. The quantitative estimate of drug-likeness (QED) is 0.478. The molecule has 1 heterocycles. The first-order valence-electron chi connectivity index (χ1n) is 10.5. The summed E-state index contributed by atoms with van der Waals surface area (Å²) in [6, 6.07) is 17.7. The first kappa shape index (κ1) is 25.1. The molecule has 0 radical (unpaired) electrons. The number of sulfonamides is 2. The van der Waals surface area contributed by atoms with E-state index >= 15 is 0 Å². The Morgan fingerprint density at radius 3 is 2.06 bits per heavy atom. The highest BCUT2D eigenvalue weighted by atomic mass is 35.5. The van der Waals surface area contributed by atoms with Crippen molar-refractivity contribution in [2.45, 2.75) is 9.79 Å². The fraction of sp³-hybridized carbons (Fsp3) is 0.174. The molecule has 4 rings (SSSR count). The highest BCUT2D eigenvalue weighted by Crippen LogP contribution is 2.25. The van der Waals surface area contributed by atoms with Gasteiger partial charge < -0.3 is 10.1 Å². The van der Waals surface area contributed by atoms with Crippen LogP contribution in [0.3, 0.4) is 0 Å². The smallest absolute Gasteiger partial charge is 0.261 e. The van der Waals surface area contributed by atoms with Crippen LogP contribution in [0.15, 0.2) is 82.6 Å². The lowest BCUT2D eigenvalue weighted by molar-refractivity contribution is 0.0730. The second-order valence-corrected chi connectivity index (χ2v) is 11.6. The Labute approximate surface area is 208 Å². The van der Waals surface area contributed by atoms with Crippen molar-refractivity contribution in [2.75, 3.05) is 36.3 Å². The summed E-state index contributed by atoms with van der Waals surface area (Å²) < 4.78 is 59.6. The summed E-state index contributed by atoms with van der Waals surface area (Å²) in [7, 11) is -7.53. The van der Waals surface area contributed by atoms with Crippen LogP contribution in [0.1, 0.15) is 10.4 Å². The van der Waals surface area contributed by atoms with E-state index in [0.29, 0.717) is 18.9 Å². The lowest BCUT2D eigenvalue weighted by atomic mass is 10.2. The molecule has 0 spiro atoms. The van der Waals surface area contributed by atoms with Gasteiger partial charge in [0.05, 0.1) is 33.7 Å². The van der Waals surface area contributed by atoms with Crippen molar-refractivity contribution in [1.29, 1.82) is 0 Å².